The zero-order valence-electron chi connectivity index (χ0n) is 9.91. The van der Waals surface area contributed by atoms with Crippen LogP contribution in [0, 0.1) is 6.92 Å². The van der Waals surface area contributed by atoms with Crippen molar-refractivity contribution in [2.75, 3.05) is 0 Å². The Labute approximate surface area is 111 Å². The molecule has 2 aromatic carbocycles. The van der Waals surface area contributed by atoms with Gasteiger partial charge in [0.1, 0.15) is 0 Å². The number of halogens is 1. The third kappa shape index (κ3) is 3.69. The van der Waals surface area contributed by atoms with Gasteiger partial charge in [-0.2, -0.15) is 0 Å². The monoisotopic (exact) mass is 289 g/mol. The molecule has 0 fully saturated rings. The molecule has 0 amide bonds. The summed E-state index contributed by atoms with van der Waals surface area (Å²) < 4.78 is 1.17. The summed E-state index contributed by atoms with van der Waals surface area (Å²) in [7, 11) is 0. The minimum atomic E-state index is 0.886. The molecular weight excluding hydrogens is 274 g/mol. The van der Waals surface area contributed by atoms with Crippen LogP contribution in [0.4, 0.5) is 0 Å². The van der Waals surface area contributed by atoms with Crippen molar-refractivity contribution in [3.8, 4) is 0 Å². The molecule has 88 valence electrons. The predicted molar refractivity (Wildman–Crippen MR) is 75.9 cm³/mol. The van der Waals surface area contributed by atoms with Gasteiger partial charge in [-0.25, -0.2) is 0 Å². The van der Waals surface area contributed by atoms with Crippen molar-refractivity contribution in [2.45, 2.75) is 20.0 Å². The van der Waals surface area contributed by atoms with Crippen molar-refractivity contribution >= 4 is 15.9 Å². The molecule has 0 heterocycles. The Balaban J connectivity index is 1.92. The summed E-state index contributed by atoms with van der Waals surface area (Å²) in [6.45, 7) is 3.91. The average molecular weight is 290 g/mol. The third-order valence-corrected chi connectivity index (χ3v) is 3.46. The summed E-state index contributed by atoms with van der Waals surface area (Å²) in [4.78, 5) is 0. The number of hydrogen-bond donors (Lipinski definition) is 1. The van der Waals surface area contributed by atoms with Crippen LogP contribution in [-0.4, -0.2) is 0 Å². The lowest BCUT2D eigenvalue weighted by Crippen LogP contribution is -2.13. The van der Waals surface area contributed by atoms with Gasteiger partial charge in [0.05, 0.1) is 0 Å². The highest BCUT2D eigenvalue weighted by atomic mass is 79.9. The van der Waals surface area contributed by atoms with Crippen LogP contribution in [0.1, 0.15) is 16.7 Å². The van der Waals surface area contributed by atoms with Gasteiger partial charge in [0.25, 0.3) is 0 Å². The van der Waals surface area contributed by atoms with E-state index in [2.05, 4.69) is 70.6 Å². The standard InChI is InChI=1S/C15H16BrN/c1-12-7-8-15(16)14(9-12)11-17-10-13-5-3-2-4-6-13/h2-9,17H,10-11H2,1H3. The Kier molecular flexibility index (Phi) is 4.35. The lowest BCUT2D eigenvalue weighted by molar-refractivity contribution is 0.691. The van der Waals surface area contributed by atoms with Crippen LogP contribution in [-0.2, 0) is 13.1 Å². The van der Waals surface area contributed by atoms with Crippen molar-refractivity contribution in [1.29, 1.82) is 0 Å². The SMILES string of the molecule is Cc1ccc(Br)c(CNCc2ccccc2)c1. The smallest absolute Gasteiger partial charge is 0.0220 e. The number of rotatable bonds is 4. The van der Waals surface area contributed by atoms with Crippen molar-refractivity contribution in [3.05, 3.63) is 69.7 Å². The second-order valence-electron chi connectivity index (χ2n) is 4.18. The average Bonchev–Trinajstić information content (AvgIpc) is 2.35. The molecule has 1 N–H and O–H groups in total. The molecule has 0 spiro atoms. The predicted octanol–water partition coefficient (Wildman–Crippen LogP) is 4.05. The lowest BCUT2D eigenvalue weighted by atomic mass is 10.1. The number of aryl methyl sites for hydroxylation is 1. The number of hydrogen-bond acceptors (Lipinski definition) is 1. The first kappa shape index (κ1) is 12.3. The first-order chi connectivity index (χ1) is 8.25. The molecule has 0 radical (unpaired) electrons. The second kappa shape index (κ2) is 5.99. The Morgan fingerprint density at radius 2 is 1.76 bits per heavy atom. The Hall–Kier alpha value is -1.12. The molecule has 2 aromatic rings. The van der Waals surface area contributed by atoms with Crippen LogP contribution in [0.2, 0.25) is 0 Å². The van der Waals surface area contributed by atoms with Gasteiger partial charge in [-0.1, -0.05) is 64.0 Å². The topological polar surface area (TPSA) is 12.0 Å². The third-order valence-electron chi connectivity index (χ3n) is 2.69. The van der Waals surface area contributed by atoms with E-state index in [1.807, 2.05) is 6.07 Å². The van der Waals surface area contributed by atoms with Crippen molar-refractivity contribution in [3.63, 3.8) is 0 Å². The summed E-state index contributed by atoms with van der Waals surface area (Å²) in [5, 5.41) is 3.46. The molecular formula is C15H16BrN. The number of benzene rings is 2. The summed E-state index contributed by atoms with van der Waals surface area (Å²) in [5.74, 6) is 0. The van der Waals surface area contributed by atoms with Gasteiger partial charge < -0.3 is 5.32 Å². The fourth-order valence-electron chi connectivity index (χ4n) is 1.78. The first-order valence-electron chi connectivity index (χ1n) is 5.75. The molecule has 1 nitrogen and oxygen atoms in total. The quantitative estimate of drug-likeness (QED) is 0.896. The minimum absolute atomic E-state index is 0.886. The van der Waals surface area contributed by atoms with Crippen molar-refractivity contribution in [2.24, 2.45) is 0 Å². The summed E-state index contributed by atoms with van der Waals surface area (Å²) >= 11 is 3.58. The molecule has 0 saturated heterocycles. The van der Waals surface area contributed by atoms with Gasteiger partial charge in [0.2, 0.25) is 0 Å². The largest absolute Gasteiger partial charge is 0.309 e. The molecule has 0 atom stereocenters. The van der Waals surface area contributed by atoms with E-state index in [0.717, 1.165) is 13.1 Å². The lowest BCUT2D eigenvalue weighted by Gasteiger charge is -2.08. The molecule has 2 heteroatoms. The first-order valence-corrected chi connectivity index (χ1v) is 6.54. The molecule has 0 aliphatic heterocycles. The zero-order valence-corrected chi connectivity index (χ0v) is 11.5. The summed E-state index contributed by atoms with van der Waals surface area (Å²) in [6, 6.07) is 16.9. The highest BCUT2D eigenvalue weighted by molar-refractivity contribution is 9.10. The molecule has 0 unspecified atom stereocenters. The molecule has 0 aliphatic carbocycles. The van der Waals surface area contributed by atoms with Crippen LogP contribution in [0.15, 0.2) is 53.0 Å². The maximum atomic E-state index is 3.58. The highest BCUT2D eigenvalue weighted by Crippen LogP contribution is 2.17. The van der Waals surface area contributed by atoms with E-state index in [9.17, 15) is 0 Å². The molecule has 0 aliphatic rings. The molecule has 0 bridgehead atoms. The maximum absolute atomic E-state index is 3.58. The van der Waals surface area contributed by atoms with Crippen molar-refractivity contribution in [1.82, 2.24) is 5.32 Å². The zero-order chi connectivity index (χ0) is 12.1. The minimum Gasteiger partial charge on any atom is -0.309 e. The van der Waals surface area contributed by atoms with Gasteiger partial charge in [-0.15, -0.1) is 0 Å². The Morgan fingerprint density at radius 3 is 2.53 bits per heavy atom. The molecule has 17 heavy (non-hydrogen) atoms. The van der Waals surface area contributed by atoms with E-state index >= 15 is 0 Å². The van der Waals surface area contributed by atoms with Gasteiger partial charge in [0, 0.05) is 17.6 Å². The molecule has 2 rings (SSSR count). The van der Waals surface area contributed by atoms with Gasteiger partial charge in [-0.3, -0.25) is 0 Å². The van der Waals surface area contributed by atoms with Crippen LogP contribution in [0.5, 0.6) is 0 Å². The van der Waals surface area contributed by atoms with Crippen LogP contribution in [0.25, 0.3) is 0 Å². The fourth-order valence-corrected chi connectivity index (χ4v) is 2.16. The van der Waals surface area contributed by atoms with Gasteiger partial charge >= 0.3 is 0 Å². The van der Waals surface area contributed by atoms with Gasteiger partial charge in [-0.05, 0) is 24.1 Å². The Morgan fingerprint density at radius 1 is 1.00 bits per heavy atom. The molecule has 0 aromatic heterocycles. The van der Waals surface area contributed by atoms with E-state index in [-0.39, 0.29) is 0 Å². The Bertz CT molecular complexity index is 480. The van der Waals surface area contributed by atoms with E-state index in [4.69, 9.17) is 0 Å². The number of nitrogens with one attached hydrogen (secondary N) is 1. The fraction of sp³-hybridized carbons (Fsp3) is 0.200. The van der Waals surface area contributed by atoms with Crippen LogP contribution < -0.4 is 5.32 Å². The van der Waals surface area contributed by atoms with Gasteiger partial charge in [0.15, 0.2) is 0 Å². The van der Waals surface area contributed by atoms with E-state index in [1.54, 1.807) is 0 Å². The second-order valence-corrected chi connectivity index (χ2v) is 5.04. The van der Waals surface area contributed by atoms with E-state index in [1.165, 1.54) is 21.2 Å². The molecule has 0 saturated carbocycles. The highest BCUT2D eigenvalue weighted by Gasteiger charge is 1.99. The van der Waals surface area contributed by atoms with Crippen LogP contribution in [0.3, 0.4) is 0 Å². The normalized spacial score (nSPS) is 10.5. The van der Waals surface area contributed by atoms with E-state index in [0.29, 0.717) is 0 Å². The summed E-state index contributed by atoms with van der Waals surface area (Å²) in [6.07, 6.45) is 0. The van der Waals surface area contributed by atoms with E-state index < -0.39 is 0 Å². The van der Waals surface area contributed by atoms with Crippen molar-refractivity contribution < 1.29 is 0 Å². The summed E-state index contributed by atoms with van der Waals surface area (Å²) in [5.41, 5.74) is 3.92. The maximum Gasteiger partial charge on any atom is 0.0220 e. The van der Waals surface area contributed by atoms with Crippen LogP contribution >= 0.6 is 15.9 Å².